The van der Waals surface area contributed by atoms with Crippen LogP contribution in [-0.2, 0) is 17.1 Å². The fraction of sp³-hybridized carbons (Fsp3) is 0.533. The highest BCUT2D eigenvalue weighted by molar-refractivity contribution is 7.89. The number of piperidine rings is 1. The van der Waals surface area contributed by atoms with Gasteiger partial charge in [-0.05, 0) is 26.7 Å². The van der Waals surface area contributed by atoms with E-state index in [2.05, 4.69) is 15.1 Å². The number of rotatable bonds is 4. The largest absolute Gasteiger partial charge is 0.459 e. The average Bonchev–Trinajstić information content (AvgIpc) is 2.83. The Balaban J connectivity index is 1.79. The van der Waals surface area contributed by atoms with Gasteiger partial charge < -0.3 is 4.74 Å². The molecule has 0 aliphatic carbocycles. The van der Waals surface area contributed by atoms with Crippen molar-refractivity contribution >= 4 is 21.6 Å². The molecule has 0 aromatic carbocycles. The summed E-state index contributed by atoms with van der Waals surface area (Å²) in [4.78, 5) is 8.28. The quantitative estimate of drug-likeness (QED) is 0.795. The van der Waals surface area contributed by atoms with Crippen molar-refractivity contribution < 1.29 is 13.2 Å². The lowest BCUT2D eigenvalue weighted by Crippen LogP contribution is -2.44. The summed E-state index contributed by atoms with van der Waals surface area (Å²) in [7, 11) is -1.89. The molecule has 1 fully saturated rings. The smallest absolute Gasteiger partial charge is 0.316 e. The number of nitrogens with zero attached hydrogens (tertiary/aromatic N) is 5. The molecule has 3 rings (SSSR count). The van der Waals surface area contributed by atoms with Crippen molar-refractivity contribution in [3.63, 3.8) is 0 Å². The number of aromatic nitrogens is 4. The lowest BCUT2D eigenvalue weighted by molar-refractivity contribution is 0.119. The van der Waals surface area contributed by atoms with Gasteiger partial charge in [0.25, 0.3) is 0 Å². The summed E-state index contributed by atoms with van der Waals surface area (Å²) < 4.78 is 34.9. The van der Waals surface area contributed by atoms with Crippen LogP contribution >= 0.6 is 11.6 Å². The Morgan fingerprint density at radius 3 is 2.56 bits per heavy atom. The highest BCUT2D eigenvalue weighted by Crippen LogP contribution is 2.26. The lowest BCUT2D eigenvalue weighted by atomic mass is 10.1. The van der Waals surface area contributed by atoms with Crippen molar-refractivity contribution in [2.75, 3.05) is 13.1 Å². The molecule has 2 aromatic heterocycles. The topological polar surface area (TPSA) is 90.2 Å². The van der Waals surface area contributed by atoms with Crippen LogP contribution in [0.15, 0.2) is 17.3 Å². The highest BCUT2D eigenvalue weighted by Gasteiger charge is 2.35. The van der Waals surface area contributed by atoms with Gasteiger partial charge in [0.2, 0.25) is 10.0 Å². The Bertz CT molecular complexity index is 866. The zero-order valence-electron chi connectivity index (χ0n) is 14.3. The molecule has 25 heavy (non-hydrogen) atoms. The standard InChI is InChI=1S/C15H20ClN5O3S/c1-10-14(11(2)20(3)19-10)25(22,23)21-6-4-5-13(9-21)24-15-17-7-12(16)8-18-15/h7-8,13H,4-6,9H2,1-3H3. The first kappa shape index (κ1) is 18.1. The van der Waals surface area contributed by atoms with E-state index in [1.54, 1.807) is 25.6 Å². The molecule has 0 radical (unpaired) electrons. The summed E-state index contributed by atoms with van der Waals surface area (Å²) in [5.41, 5.74) is 1.13. The van der Waals surface area contributed by atoms with E-state index in [1.165, 1.54) is 16.7 Å². The Labute approximate surface area is 151 Å². The second-order valence-corrected chi connectivity index (χ2v) is 8.36. The number of ether oxygens (including phenoxy) is 1. The van der Waals surface area contributed by atoms with Crippen LogP contribution in [0.3, 0.4) is 0 Å². The Morgan fingerprint density at radius 2 is 1.96 bits per heavy atom. The normalized spacial score (nSPS) is 19.1. The third-order valence-corrected chi connectivity index (χ3v) is 6.56. The summed E-state index contributed by atoms with van der Waals surface area (Å²) in [5, 5.41) is 4.63. The molecule has 0 amide bonds. The van der Waals surface area contributed by atoms with Crippen LogP contribution in [0, 0.1) is 13.8 Å². The molecular formula is C15H20ClN5O3S. The van der Waals surface area contributed by atoms with Gasteiger partial charge in [0.05, 0.1) is 35.3 Å². The van der Waals surface area contributed by atoms with Crippen LogP contribution in [0.25, 0.3) is 0 Å². The van der Waals surface area contributed by atoms with Crippen LogP contribution in [0.5, 0.6) is 6.01 Å². The Kier molecular flexibility index (Phi) is 4.99. The predicted molar refractivity (Wildman–Crippen MR) is 92.1 cm³/mol. The fourth-order valence-corrected chi connectivity index (χ4v) is 4.99. The summed E-state index contributed by atoms with van der Waals surface area (Å²) in [5.74, 6) is 0. The zero-order chi connectivity index (χ0) is 18.2. The van der Waals surface area contributed by atoms with Crippen LogP contribution in [0.4, 0.5) is 0 Å². The molecule has 10 heteroatoms. The van der Waals surface area contributed by atoms with E-state index in [-0.39, 0.29) is 23.6 Å². The first-order valence-corrected chi connectivity index (χ1v) is 9.75. The van der Waals surface area contributed by atoms with Gasteiger partial charge in [-0.3, -0.25) is 4.68 Å². The second kappa shape index (κ2) is 6.89. The van der Waals surface area contributed by atoms with Gasteiger partial charge in [0.1, 0.15) is 11.0 Å². The number of aryl methyl sites for hydroxylation is 2. The highest BCUT2D eigenvalue weighted by atomic mass is 35.5. The molecule has 2 aromatic rings. The minimum atomic E-state index is -3.63. The monoisotopic (exact) mass is 385 g/mol. The van der Waals surface area contributed by atoms with Crippen molar-refractivity contribution in [2.45, 2.75) is 37.7 Å². The van der Waals surface area contributed by atoms with Crippen LogP contribution < -0.4 is 4.74 Å². The summed E-state index contributed by atoms with van der Waals surface area (Å²) >= 11 is 5.76. The number of hydrogen-bond acceptors (Lipinski definition) is 6. The fourth-order valence-electron chi connectivity index (χ4n) is 2.99. The van der Waals surface area contributed by atoms with Crippen molar-refractivity contribution in [1.29, 1.82) is 0 Å². The third-order valence-electron chi connectivity index (χ3n) is 4.25. The second-order valence-electron chi connectivity index (χ2n) is 6.05. The van der Waals surface area contributed by atoms with Crippen molar-refractivity contribution in [3.8, 4) is 6.01 Å². The van der Waals surface area contributed by atoms with Gasteiger partial charge in [0, 0.05) is 13.6 Å². The van der Waals surface area contributed by atoms with Crippen LogP contribution in [-0.4, -0.2) is 51.7 Å². The van der Waals surface area contributed by atoms with Gasteiger partial charge in [0.15, 0.2) is 0 Å². The maximum atomic E-state index is 13.1. The predicted octanol–water partition coefficient (Wildman–Crippen LogP) is 1.71. The van der Waals surface area contributed by atoms with E-state index in [4.69, 9.17) is 16.3 Å². The summed E-state index contributed by atoms with van der Waals surface area (Å²) in [6.07, 6.45) is 4.04. The number of sulfonamides is 1. The molecule has 1 unspecified atom stereocenters. The molecule has 8 nitrogen and oxygen atoms in total. The van der Waals surface area contributed by atoms with E-state index < -0.39 is 10.0 Å². The molecule has 0 N–H and O–H groups in total. The molecule has 0 saturated carbocycles. The lowest BCUT2D eigenvalue weighted by Gasteiger charge is -2.31. The Morgan fingerprint density at radius 1 is 1.28 bits per heavy atom. The van der Waals surface area contributed by atoms with Crippen LogP contribution in [0.2, 0.25) is 5.02 Å². The maximum absolute atomic E-state index is 13.1. The molecule has 136 valence electrons. The van der Waals surface area contributed by atoms with Gasteiger partial charge >= 0.3 is 6.01 Å². The molecule has 0 spiro atoms. The first-order chi connectivity index (χ1) is 11.8. The minimum absolute atomic E-state index is 0.197. The molecule has 1 aliphatic heterocycles. The molecule has 1 saturated heterocycles. The minimum Gasteiger partial charge on any atom is -0.459 e. The van der Waals surface area contributed by atoms with Gasteiger partial charge in [-0.15, -0.1) is 0 Å². The molecule has 1 aliphatic rings. The van der Waals surface area contributed by atoms with E-state index in [0.29, 0.717) is 29.4 Å². The molecule has 1 atom stereocenters. The first-order valence-electron chi connectivity index (χ1n) is 7.93. The SMILES string of the molecule is Cc1nn(C)c(C)c1S(=O)(=O)N1CCCC(Oc2ncc(Cl)cn2)C1. The Hall–Kier alpha value is -1.71. The molecular weight excluding hydrogens is 366 g/mol. The average molecular weight is 386 g/mol. The van der Waals surface area contributed by atoms with Gasteiger partial charge in [-0.2, -0.15) is 9.40 Å². The van der Waals surface area contributed by atoms with Crippen molar-refractivity contribution in [2.24, 2.45) is 7.05 Å². The van der Waals surface area contributed by atoms with Crippen molar-refractivity contribution in [3.05, 3.63) is 28.8 Å². The number of halogens is 1. The molecule has 3 heterocycles. The van der Waals surface area contributed by atoms with Gasteiger partial charge in [-0.25, -0.2) is 18.4 Å². The van der Waals surface area contributed by atoms with Gasteiger partial charge in [-0.1, -0.05) is 11.6 Å². The third kappa shape index (κ3) is 3.63. The van der Waals surface area contributed by atoms with E-state index in [9.17, 15) is 8.42 Å². The van der Waals surface area contributed by atoms with E-state index in [0.717, 1.165) is 6.42 Å². The number of hydrogen-bond donors (Lipinski definition) is 0. The van der Waals surface area contributed by atoms with Crippen LogP contribution in [0.1, 0.15) is 24.2 Å². The van der Waals surface area contributed by atoms with E-state index in [1.807, 2.05) is 0 Å². The maximum Gasteiger partial charge on any atom is 0.316 e. The van der Waals surface area contributed by atoms with E-state index >= 15 is 0 Å². The summed E-state index contributed by atoms with van der Waals surface area (Å²) in [6.45, 7) is 4.17. The molecule has 0 bridgehead atoms. The zero-order valence-corrected chi connectivity index (χ0v) is 15.9. The summed E-state index contributed by atoms with van der Waals surface area (Å²) in [6, 6.07) is 0.197. The van der Waals surface area contributed by atoms with Crippen molar-refractivity contribution in [1.82, 2.24) is 24.1 Å².